The van der Waals surface area contributed by atoms with Crippen molar-refractivity contribution in [1.82, 2.24) is 9.97 Å². The molecule has 2 aromatic rings. The van der Waals surface area contributed by atoms with Crippen LogP contribution in [0.3, 0.4) is 0 Å². The summed E-state index contributed by atoms with van der Waals surface area (Å²) in [7, 11) is 0. The zero-order chi connectivity index (χ0) is 16.4. The molecule has 3 heterocycles. The molecule has 1 aromatic carbocycles. The van der Waals surface area contributed by atoms with E-state index >= 15 is 0 Å². The van der Waals surface area contributed by atoms with Crippen molar-refractivity contribution >= 4 is 17.5 Å². The molecule has 1 fully saturated rings. The molecule has 1 aromatic heterocycles. The van der Waals surface area contributed by atoms with Gasteiger partial charge in [0.25, 0.3) is 5.91 Å². The van der Waals surface area contributed by atoms with Gasteiger partial charge in [0.05, 0.1) is 5.56 Å². The summed E-state index contributed by atoms with van der Waals surface area (Å²) in [6.07, 6.45) is 9.20. The van der Waals surface area contributed by atoms with Crippen molar-refractivity contribution in [3.8, 4) is 0 Å². The second-order valence-electron chi connectivity index (χ2n) is 6.51. The van der Waals surface area contributed by atoms with Crippen molar-refractivity contribution in [2.24, 2.45) is 0 Å². The van der Waals surface area contributed by atoms with Crippen LogP contribution in [-0.4, -0.2) is 35.5 Å². The minimum atomic E-state index is -0.0117. The monoisotopic (exact) mass is 322 g/mol. The van der Waals surface area contributed by atoms with Crippen LogP contribution in [0, 0.1) is 0 Å². The Hall–Kier alpha value is -2.43. The van der Waals surface area contributed by atoms with E-state index in [0.29, 0.717) is 5.56 Å². The van der Waals surface area contributed by atoms with Gasteiger partial charge in [0.15, 0.2) is 0 Å². The second kappa shape index (κ2) is 6.59. The highest BCUT2D eigenvalue weighted by Gasteiger charge is 2.25. The van der Waals surface area contributed by atoms with Crippen LogP contribution in [0.2, 0.25) is 0 Å². The van der Waals surface area contributed by atoms with E-state index < -0.39 is 0 Å². The minimum absolute atomic E-state index is 0.0117. The standard InChI is InChI=1S/C19H22N4O/c24-18(23-12-9-15-7-3-4-8-17(15)23)16-13-20-19(21-14-16)22-10-5-1-2-6-11-22/h3-4,7-8,13-14H,1-2,5-6,9-12H2. The summed E-state index contributed by atoms with van der Waals surface area (Å²) >= 11 is 0. The number of fused-ring (bicyclic) bond motifs is 1. The van der Waals surface area contributed by atoms with E-state index in [1.807, 2.05) is 23.1 Å². The maximum Gasteiger partial charge on any atom is 0.261 e. The first-order valence-electron chi connectivity index (χ1n) is 8.80. The molecule has 5 heteroatoms. The summed E-state index contributed by atoms with van der Waals surface area (Å²) in [5.74, 6) is 0.734. The molecular weight excluding hydrogens is 300 g/mol. The molecule has 0 radical (unpaired) electrons. The Kier molecular flexibility index (Phi) is 4.15. The summed E-state index contributed by atoms with van der Waals surface area (Å²) in [5, 5.41) is 0. The molecular formula is C19H22N4O. The Labute approximate surface area is 142 Å². The van der Waals surface area contributed by atoms with E-state index in [0.717, 1.165) is 37.7 Å². The normalized spacial score (nSPS) is 17.5. The third-order valence-electron chi connectivity index (χ3n) is 4.91. The van der Waals surface area contributed by atoms with Crippen LogP contribution in [0.1, 0.15) is 41.6 Å². The van der Waals surface area contributed by atoms with Gasteiger partial charge in [-0.2, -0.15) is 0 Å². The molecule has 0 spiro atoms. The van der Waals surface area contributed by atoms with E-state index in [-0.39, 0.29) is 5.91 Å². The molecule has 24 heavy (non-hydrogen) atoms. The van der Waals surface area contributed by atoms with E-state index in [2.05, 4.69) is 20.9 Å². The van der Waals surface area contributed by atoms with E-state index in [9.17, 15) is 4.79 Å². The van der Waals surface area contributed by atoms with Gasteiger partial charge < -0.3 is 9.80 Å². The van der Waals surface area contributed by atoms with Gasteiger partial charge in [-0.05, 0) is 30.9 Å². The number of hydrogen-bond donors (Lipinski definition) is 0. The van der Waals surface area contributed by atoms with Gasteiger partial charge in [-0.25, -0.2) is 9.97 Å². The van der Waals surface area contributed by atoms with Gasteiger partial charge in [-0.3, -0.25) is 4.79 Å². The first-order valence-corrected chi connectivity index (χ1v) is 8.80. The van der Waals surface area contributed by atoms with E-state index in [1.165, 1.54) is 31.2 Å². The highest BCUT2D eigenvalue weighted by molar-refractivity contribution is 6.06. The lowest BCUT2D eigenvalue weighted by Gasteiger charge is -2.21. The Morgan fingerprint density at radius 1 is 0.917 bits per heavy atom. The number of hydrogen-bond acceptors (Lipinski definition) is 4. The van der Waals surface area contributed by atoms with Crippen molar-refractivity contribution in [2.45, 2.75) is 32.1 Å². The maximum atomic E-state index is 12.8. The van der Waals surface area contributed by atoms with Crippen LogP contribution in [0.15, 0.2) is 36.7 Å². The fraction of sp³-hybridized carbons (Fsp3) is 0.421. The highest BCUT2D eigenvalue weighted by atomic mass is 16.2. The number of aromatic nitrogens is 2. The minimum Gasteiger partial charge on any atom is -0.341 e. The Morgan fingerprint density at radius 3 is 2.38 bits per heavy atom. The average molecular weight is 322 g/mol. The first kappa shape index (κ1) is 15.1. The molecule has 1 amide bonds. The van der Waals surface area contributed by atoms with Gasteiger partial charge in [0, 0.05) is 37.7 Å². The van der Waals surface area contributed by atoms with Crippen molar-refractivity contribution in [2.75, 3.05) is 29.4 Å². The second-order valence-corrected chi connectivity index (χ2v) is 6.51. The Balaban J connectivity index is 1.52. The SMILES string of the molecule is O=C(c1cnc(N2CCCCCC2)nc1)N1CCc2ccccc21. The summed E-state index contributed by atoms with van der Waals surface area (Å²) in [4.78, 5) is 25.8. The van der Waals surface area contributed by atoms with Gasteiger partial charge >= 0.3 is 0 Å². The molecule has 0 bridgehead atoms. The number of carbonyl (C=O) groups is 1. The van der Waals surface area contributed by atoms with Crippen LogP contribution < -0.4 is 9.80 Å². The molecule has 124 valence electrons. The fourth-order valence-corrected chi connectivity index (χ4v) is 3.57. The van der Waals surface area contributed by atoms with E-state index in [1.54, 1.807) is 12.4 Å². The van der Waals surface area contributed by atoms with Gasteiger partial charge in [-0.1, -0.05) is 31.0 Å². The average Bonchev–Trinajstić information content (AvgIpc) is 2.87. The van der Waals surface area contributed by atoms with E-state index in [4.69, 9.17) is 0 Å². The molecule has 0 saturated carbocycles. The number of nitrogens with zero attached hydrogens (tertiary/aromatic N) is 4. The lowest BCUT2D eigenvalue weighted by Crippen LogP contribution is -2.30. The molecule has 0 atom stereocenters. The smallest absolute Gasteiger partial charge is 0.261 e. The maximum absolute atomic E-state index is 12.8. The topological polar surface area (TPSA) is 49.3 Å². The predicted octanol–water partition coefficient (Wildman–Crippen LogP) is 3.06. The van der Waals surface area contributed by atoms with Crippen LogP contribution in [-0.2, 0) is 6.42 Å². The van der Waals surface area contributed by atoms with Gasteiger partial charge in [0.1, 0.15) is 0 Å². The number of rotatable bonds is 2. The van der Waals surface area contributed by atoms with Crippen molar-refractivity contribution < 1.29 is 4.79 Å². The summed E-state index contributed by atoms with van der Waals surface area (Å²) in [6, 6.07) is 8.09. The van der Waals surface area contributed by atoms with Crippen molar-refractivity contribution in [1.29, 1.82) is 0 Å². The number of anilines is 2. The third kappa shape index (κ3) is 2.86. The van der Waals surface area contributed by atoms with Crippen LogP contribution in [0.4, 0.5) is 11.6 Å². The van der Waals surface area contributed by atoms with Crippen molar-refractivity contribution in [3.05, 3.63) is 47.8 Å². The number of benzene rings is 1. The van der Waals surface area contributed by atoms with Crippen molar-refractivity contribution in [3.63, 3.8) is 0 Å². The molecule has 0 N–H and O–H groups in total. The lowest BCUT2D eigenvalue weighted by molar-refractivity contribution is 0.0988. The molecule has 2 aliphatic rings. The number of amides is 1. The largest absolute Gasteiger partial charge is 0.341 e. The Morgan fingerprint density at radius 2 is 1.62 bits per heavy atom. The summed E-state index contributed by atoms with van der Waals surface area (Å²) in [5.41, 5.74) is 2.80. The molecule has 2 aliphatic heterocycles. The zero-order valence-corrected chi connectivity index (χ0v) is 13.8. The van der Waals surface area contributed by atoms with Gasteiger partial charge in [-0.15, -0.1) is 0 Å². The van der Waals surface area contributed by atoms with Crippen LogP contribution >= 0.6 is 0 Å². The molecule has 0 aliphatic carbocycles. The predicted molar refractivity (Wildman–Crippen MR) is 94.5 cm³/mol. The third-order valence-corrected chi connectivity index (χ3v) is 4.91. The summed E-state index contributed by atoms with van der Waals surface area (Å²) in [6.45, 7) is 2.74. The zero-order valence-electron chi connectivity index (χ0n) is 13.8. The summed E-state index contributed by atoms with van der Waals surface area (Å²) < 4.78 is 0. The Bertz CT molecular complexity index is 720. The quantitative estimate of drug-likeness (QED) is 0.852. The molecule has 1 saturated heterocycles. The fourth-order valence-electron chi connectivity index (χ4n) is 3.57. The number of carbonyl (C=O) groups excluding carboxylic acids is 1. The number of para-hydroxylation sites is 1. The molecule has 0 unspecified atom stereocenters. The highest BCUT2D eigenvalue weighted by Crippen LogP contribution is 2.28. The molecule has 4 rings (SSSR count). The van der Waals surface area contributed by atoms with Gasteiger partial charge in [0.2, 0.25) is 5.95 Å². The first-order chi connectivity index (χ1) is 11.8. The van der Waals surface area contributed by atoms with Crippen LogP contribution in [0.25, 0.3) is 0 Å². The molecule has 5 nitrogen and oxygen atoms in total. The van der Waals surface area contributed by atoms with Crippen LogP contribution in [0.5, 0.6) is 0 Å². The lowest BCUT2D eigenvalue weighted by atomic mass is 10.2.